The number of nitrogens with zero attached hydrogens (tertiary/aromatic N) is 2. The fraction of sp³-hybridized carbons (Fsp3) is 0.0909. The van der Waals surface area contributed by atoms with Crippen molar-refractivity contribution in [3.05, 3.63) is 52.5 Å². The molecule has 0 aromatic carbocycles. The lowest BCUT2D eigenvalue weighted by atomic mass is 10.3. The molecule has 3 nitrogen and oxygen atoms in total. The van der Waals surface area contributed by atoms with Crippen molar-refractivity contribution in [2.75, 3.05) is 0 Å². The summed E-state index contributed by atoms with van der Waals surface area (Å²) in [6.07, 6.45) is 8.09. The fourth-order valence-corrected chi connectivity index (χ4v) is 1.79. The first-order valence-corrected chi connectivity index (χ1v) is 5.27. The summed E-state index contributed by atoms with van der Waals surface area (Å²) in [6.45, 7) is 0.722. The molecule has 0 saturated carbocycles. The number of aromatic nitrogens is 2. The Kier molecular flexibility index (Phi) is 2.97. The lowest BCUT2D eigenvalue weighted by Gasteiger charge is -2.02. The Morgan fingerprint density at radius 3 is 3.00 bits per heavy atom. The van der Waals surface area contributed by atoms with Crippen molar-refractivity contribution in [3.63, 3.8) is 0 Å². The molecule has 0 aliphatic rings. The van der Waals surface area contributed by atoms with Gasteiger partial charge >= 0.3 is 0 Å². The summed E-state index contributed by atoms with van der Waals surface area (Å²) in [7, 11) is 0. The average molecular weight is 265 g/mol. The maximum atomic E-state index is 10.5. The third-order valence-corrected chi connectivity index (χ3v) is 2.47. The van der Waals surface area contributed by atoms with Gasteiger partial charge < -0.3 is 4.57 Å². The molecule has 2 aromatic heterocycles. The first-order valence-electron chi connectivity index (χ1n) is 4.48. The highest BCUT2D eigenvalue weighted by molar-refractivity contribution is 9.10. The molecule has 2 aromatic rings. The van der Waals surface area contributed by atoms with E-state index in [9.17, 15) is 4.79 Å². The van der Waals surface area contributed by atoms with Crippen LogP contribution in [-0.4, -0.2) is 15.8 Å². The fourth-order valence-electron chi connectivity index (χ4n) is 1.38. The van der Waals surface area contributed by atoms with Crippen LogP contribution < -0.4 is 0 Å². The molecule has 0 fully saturated rings. The molecule has 0 radical (unpaired) electrons. The van der Waals surface area contributed by atoms with E-state index in [1.54, 1.807) is 12.3 Å². The summed E-state index contributed by atoms with van der Waals surface area (Å²) >= 11 is 3.37. The van der Waals surface area contributed by atoms with Gasteiger partial charge in [-0.3, -0.25) is 9.78 Å². The maximum absolute atomic E-state index is 10.5. The predicted octanol–water partition coefficient (Wildman–Crippen LogP) is 2.51. The summed E-state index contributed by atoms with van der Waals surface area (Å²) in [5, 5.41) is 0. The molecule has 0 atom stereocenters. The van der Waals surface area contributed by atoms with Gasteiger partial charge in [0, 0.05) is 41.4 Å². The summed E-state index contributed by atoms with van der Waals surface area (Å²) < 4.78 is 2.91. The van der Waals surface area contributed by atoms with Crippen LogP contribution in [0, 0.1) is 0 Å². The van der Waals surface area contributed by atoms with Crippen molar-refractivity contribution in [1.29, 1.82) is 0 Å². The van der Waals surface area contributed by atoms with E-state index in [1.807, 2.05) is 29.2 Å². The van der Waals surface area contributed by atoms with Crippen LogP contribution >= 0.6 is 15.9 Å². The van der Waals surface area contributed by atoms with E-state index in [-0.39, 0.29) is 0 Å². The molecule has 76 valence electrons. The number of carbonyl (C=O) groups excluding carboxylic acids is 1. The molecule has 0 spiro atoms. The van der Waals surface area contributed by atoms with E-state index >= 15 is 0 Å². The second-order valence-electron chi connectivity index (χ2n) is 3.25. The monoisotopic (exact) mass is 264 g/mol. The second-order valence-corrected chi connectivity index (χ2v) is 4.16. The van der Waals surface area contributed by atoms with Crippen molar-refractivity contribution in [1.82, 2.24) is 9.55 Å². The first kappa shape index (κ1) is 10.1. The van der Waals surface area contributed by atoms with Gasteiger partial charge in [0.25, 0.3) is 0 Å². The summed E-state index contributed by atoms with van der Waals surface area (Å²) in [5.74, 6) is 0. The number of aldehydes is 1. The van der Waals surface area contributed by atoms with Gasteiger partial charge in [-0.15, -0.1) is 0 Å². The molecule has 0 aliphatic heterocycles. The number of halogens is 1. The number of hydrogen-bond donors (Lipinski definition) is 0. The van der Waals surface area contributed by atoms with Crippen LogP contribution in [0.5, 0.6) is 0 Å². The van der Waals surface area contributed by atoms with E-state index in [0.29, 0.717) is 5.56 Å². The van der Waals surface area contributed by atoms with Crippen molar-refractivity contribution < 1.29 is 4.79 Å². The van der Waals surface area contributed by atoms with Gasteiger partial charge in [-0.05, 0) is 33.6 Å². The molecule has 0 saturated heterocycles. The molecule has 15 heavy (non-hydrogen) atoms. The Labute approximate surface area is 95.9 Å². The Balaban J connectivity index is 2.18. The minimum atomic E-state index is 0.693. The van der Waals surface area contributed by atoms with E-state index in [2.05, 4.69) is 20.9 Å². The van der Waals surface area contributed by atoms with Crippen LogP contribution in [0.4, 0.5) is 0 Å². The largest absolute Gasteiger partial charge is 0.349 e. The molecular formula is C11H9BrN2O. The zero-order valence-electron chi connectivity index (χ0n) is 7.93. The Morgan fingerprint density at radius 2 is 2.33 bits per heavy atom. The number of hydrogen-bond acceptors (Lipinski definition) is 2. The normalized spacial score (nSPS) is 10.2. The van der Waals surface area contributed by atoms with Gasteiger partial charge in [0.15, 0.2) is 6.29 Å². The van der Waals surface area contributed by atoms with E-state index in [4.69, 9.17) is 0 Å². The van der Waals surface area contributed by atoms with Crippen molar-refractivity contribution in [2.24, 2.45) is 0 Å². The number of carbonyl (C=O) groups is 1. The van der Waals surface area contributed by atoms with Gasteiger partial charge in [-0.1, -0.05) is 0 Å². The van der Waals surface area contributed by atoms with Gasteiger partial charge in [0.2, 0.25) is 0 Å². The molecular weight excluding hydrogens is 256 g/mol. The minimum Gasteiger partial charge on any atom is -0.349 e. The molecule has 0 amide bonds. The van der Waals surface area contributed by atoms with Crippen LogP contribution in [0.1, 0.15) is 15.9 Å². The Bertz CT molecular complexity index is 479. The van der Waals surface area contributed by atoms with Crippen LogP contribution in [-0.2, 0) is 6.54 Å². The lowest BCUT2D eigenvalue weighted by Crippen LogP contribution is -1.96. The SMILES string of the molecule is O=Cc1ccn(Cc2cncc(Br)c2)c1. The van der Waals surface area contributed by atoms with Gasteiger partial charge in [0.1, 0.15) is 0 Å². The summed E-state index contributed by atoms with van der Waals surface area (Å²) in [5.41, 5.74) is 1.79. The van der Waals surface area contributed by atoms with Crippen molar-refractivity contribution >= 4 is 22.2 Å². The second kappa shape index (κ2) is 4.40. The van der Waals surface area contributed by atoms with Crippen molar-refractivity contribution in [2.45, 2.75) is 6.54 Å². The average Bonchev–Trinajstić information content (AvgIpc) is 2.65. The Morgan fingerprint density at radius 1 is 1.47 bits per heavy atom. The van der Waals surface area contributed by atoms with E-state index in [1.165, 1.54) is 0 Å². The molecule has 2 heterocycles. The van der Waals surface area contributed by atoms with Gasteiger partial charge in [0.05, 0.1) is 0 Å². The zero-order chi connectivity index (χ0) is 10.7. The highest BCUT2D eigenvalue weighted by Crippen LogP contribution is 2.11. The third kappa shape index (κ3) is 2.53. The topological polar surface area (TPSA) is 34.9 Å². The maximum Gasteiger partial charge on any atom is 0.151 e. The van der Waals surface area contributed by atoms with E-state index in [0.717, 1.165) is 22.9 Å². The standard InChI is InChI=1S/C11H9BrN2O/c12-11-3-10(4-13-5-11)7-14-2-1-9(6-14)8-15/h1-6,8H,7H2. The van der Waals surface area contributed by atoms with Gasteiger partial charge in [-0.2, -0.15) is 0 Å². The molecule has 2 rings (SSSR count). The number of rotatable bonds is 3. The van der Waals surface area contributed by atoms with Crippen LogP contribution in [0.25, 0.3) is 0 Å². The van der Waals surface area contributed by atoms with Gasteiger partial charge in [-0.25, -0.2) is 0 Å². The first-order chi connectivity index (χ1) is 7.28. The highest BCUT2D eigenvalue weighted by atomic mass is 79.9. The van der Waals surface area contributed by atoms with Crippen molar-refractivity contribution in [3.8, 4) is 0 Å². The number of pyridine rings is 1. The minimum absolute atomic E-state index is 0.693. The highest BCUT2D eigenvalue weighted by Gasteiger charge is 1.98. The quantitative estimate of drug-likeness (QED) is 0.799. The molecule has 0 bridgehead atoms. The molecule has 0 aliphatic carbocycles. The summed E-state index contributed by atoms with van der Waals surface area (Å²) in [4.78, 5) is 14.6. The van der Waals surface area contributed by atoms with Crippen LogP contribution in [0.3, 0.4) is 0 Å². The molecule has 0 unspecified atom stereocenters. The predicted molar refractivity (Wildman–Crippen MR) is 60.9 cm³/mol. The lowest BCUT2D eigenvalue weighted by molar-refractivity contribution is 0.112. The molecule has 0 N–H and O–H groups in total. The third-order valence-electron chi connectivity index (χ3n) is 2.04. The van der Waals surface area contributed by atoms with E-state index < -0.39 is 0 Å². The zero-order valence-corrected chi connectivity index (χ0v) is 9.52. The molecule has 4 heteroatoms. The Hall–Kier alpha value is -1.42. The summed E-state index contributed by atoms with van der Waals surface area (Å²) in [6, 6.07) is 3.80. The van der Waals surface area contributed by atoms with Crippen LogP contribution in [0.15, 0.2) is 41.4 Å². The smallest absolute Gasteiger partial charge is 0.151 e. The van der Waals surface area contributed by atoms with Crippen LogP contribution in [0.2, 0.25) is 0 Å².